The second kappa shape index (κ2) is 4.79. The Bertz CT molecular complexity index is 563. The highest BCUT2D eigenvalue weighted by Gasteiger charge is 2.44. The van der Waals surface area contributed by atoms with Gasteiger partial charge in [0.2, 0.25) is 0 Å². The molecule has 1 fully saturated rings. The van der Waals surface area contributed by atoms with Gasteiger partial charge in [-0.2, -0.15) is 4.31 Å². The molecule has 2 heterocycles. The molecule has 1 unspecified atom stereocenters. The number of methoxy groups -OCH3 is 1. The van der Waals surface area contributed by atoms with Gasteiger partial charge in [-0.05, 0) is 11.4 Å². The van der Waals surface area contributed by atoms with Crippen LogP contribution in [0.25, 0.3) is 0 Å². The lowest BCUT2D eigenvalue weighted by Crippen LogP contribution is -2.40. The number of hydrogen-bond donors (Lipinski definition) is 0. The molecule has 1 aliphatic rings. The molecule has 0 bridgehead atoms. The van der Waals surface area contributed by atoms with Crippen molar-refractivity contribution in [3.8, 4) is 0 Å². The Hall–Kier alpha value is -1.25. The van der Waals surface area contributed by atoms with Crippen LogP contribution in [0.1, 0.15) is 6.42 Å². The van der Waals surface area contributed by atoms with Gasteiger partial charge >= 0.3 is 5.97 Å². The smallest absolute Gasteiger partial charge is 0.324 e. The first kappa shape index (κ1) is 13.2. The molecule has 98 valence electrons. The molecule has 8 heteroatoms. The van der Waals surface area contributed by atoms with Crippen molar-refractivity contribution < 1.29 is 22.7 Å². The van der Waals surface area contributed by atoms with Gasteiger partial charge in [0.15, 0.2) is 0 Å². The van der Waals surface area contributed by atoms with Crippen LogP contribution < -0.4 is 0 Å². The third-order valence-electron chi connectivity index (χ3n) is 2.63. The first-order chi connectivity index (χ1) is 8.46. The van der Waals surface area contributed by atoms with Crippen LogP contribution in [0.3, 0.4) is 0 Å². The average molecular weight is 289 g/mol. The minimum Gasteiger partial charge on any atom is -0.468 e. The maximum atomic E-state index is 12.2. The van der Waals surface area contributed by atoms with Crippen LogP contribution in [0.15, 0.2) is 21.7 Å². The van der Waals surface area contributed by atoms with Gasteiger partial charge in [0, 0.05) is 6.42 Å². The number of ketones is 1. The number of carbonyl (C=O) groups is 2. The van der Waals surface area contributed by atoms with Gasteiger partial charge in [-0.1, -0.05) is 6.07 Å². The minimum absolute atomic E-state index is 0.117. The van der Waals surface area contributed by atoms with Crippen LogP contribution in [-0.4, -0.2) is 44.2 Å². The fraction of sp³-hybridized carbons (Fsp3) is 0.400. The number of rotatable bonds is 3. The van der Waals surface area contributed by atoms with Crippen molar-refractivity contribution in [1.29, 1.82) is 0 Å². The zero-order valence-electron chi connectivity index (χ0n) is 9.53. The monoisotopic (exact) mass is 289 g/mol. The summed E-state index contributed by atoms with van der Waals surface area (Å²) >= 11 is 1.05. The van der Waals surface area contributed by atoms with Gasteiger partial charge in [0.1, 0.15) is 16.0 Å². The Kier molecular flexibility index (Phi) is 3.51. The molecule has 0 radical (unpaired) electrons. The molecule has 1 aliphatic heterocycles. The normalized spacial score (nSPS) is 21.2. The summed E-state index contributed by atoms with van der Waals surface area (Å²) in [5, 5.41) is 1.62. The van der Waals surface area contributed by atoms with Crippen molar-refractivity contribution in [3.63, 3.8) is 0 Å². The van der Waals surface area contributed by atoms with Crippen molar-refractivity contribution >= 4 is 33.1 Å². The topological polar surface area (TPSA) is 80.8 Å². The summed E-state index contributed by atoms with van der Waals surface area (Å²) in [5.74, 6) is -0.994. The minimum atomic E-state index is -3.80. The quantitative estimate of drug-likeness (QED) is 0.745. The standard InChI is InChI=1S/C10H11NO5S2/c1-16-10(13)8-5-7(12)6-11(8)18(14,15)9-3-2-4-17-9/h2-4,8H,5-6H2,1H3. The lowest BCUT2D eigenvalue weighted by atomic mass is 10.2. The molecule has 0 N–H and O–H groups in total. The Morgan fingerprint density at radius 1 is 1.56 bits per heavy atom. The number of hydrogen-bond acceptors (Lipinski definition) is 6. The molecule has 1 aromatic rings. The zero-order chi connectivity index (χ0) is 13.3. The van der Waals surface area contributed by atoms with Crippen molar-refractivity contribution in [3.05, 3.63) is 17.5 Å². The number of Topliss-reactive ketones (excluding diaryl/α,β-unsaturated/α-hetero) is 1. The van der Waals surface area contributed by atoms with Crippen molar-refractivity contribution in [2.45, 2.75) is 16.7 Å². The number of esters is 1. The Morgan fingerprint density at radius 3 is 2.83 bits per heavy atom. The second-order valence-corrected chi connectivity index (χ2v) is 6.83. The predicted molar refractivity (Wildman–Crippen MR) is 63.6 cm³/mol. The largest absolute Gasteiger partial charge is 0.468 e. The number of thiophene rings is 1. The van der Waals surface area contributed by atoms with Crippen molar-refractivity contribution in [1.82, 2.24) is 4.31 Å². The summed E-state index contributed by atoms with van der Waals surface area (Å²) in [5.41, 5.74) is 0. The summed E-state index contributed by atoms with van der Waals surface area (Å²) in [6.07, 6.45) is -0.128. The van der Waals surface area contributed by atoms with Crippen LogP contribution >= 0.6 is 11.3 Å². The molecule has 1 saturated heterocycles. The van der Waals surface area contributed by atoms with Crippen LogP contribution in [0.2, 0.25) is 0 Å². The summed E-state index contributed by atoms with van der Waals surface area (Å²) in [6.45, 7) is -0.278. The van der Waals surface area contributed by atoms with Gasteiger partial charge < -0.3 is 4.74 Å². The van der Waals surface area contributed by atoms with E-state index in [1.165, 1.54) is 13.2 Å². The molecule has 0 spiro atoms. The van der Waals surface area contributed by atoms with E-state index < -0.39 is 22.0 Å². The van der Waals surface area contributed by atoms with Gasteiger partial charge in [-0.25, -0.2) is 8.42 Å². The molecule has 18 heavy (non-hydrogen) atoms. The zero-order valence-corrected chi connectivity index (χ0v) is 11.2. The van der Waals surface area contributed by atoms with E-state index in [9.17, 15) is 18.0 Å². The predicted octanol–water partition coefficient (Wildman–Crippen LogP) is 0.253. The molecule has 0 aromatic carbocycles. The number of nitrogens with zero attached hydrogens (tertiary/aromatic N) is 1. The maximum absolute atomic E-state index is 12.2. The number of sulfonamides is 1. The Balaban J connectivity index is 2.37. The second-order valence-electron chi connectivity index (χ2n) is 3.76. The van der Waals surface area contributed by atoms with Crippen LogP contribution in [-0.2, 0) is 24.3 Å². The third-order valence-corrected chi connectivity index (χ3v) is 5.86. The molecule has 6 nitrogen and oxygen atoms in total. The van der Waals surface area contributed by atoms with Crippen LogP contribution in [0.4, 0.5) is 0 Å². The van der Waals surface area contributed by atoms with E-state index in [1.54, 1.807) is 11.4 Å². The third kappa shape index (κ3) is 2.18. The summed E-state index contributed by atoms with van der Waals surface area (Å²) in [6, 6.07) is 1.99. The molecule has 2 rings (SSSR count). The van der Waals surface area contributed by atoms with Crippen molar-refractivity contribution in [2.24, 2.45) is 0 Å². The Labute approximate surface area is 108 Å². The van der Waals surface area contributed by atoms with Gasteiger partial charge in [0.25, 0.3) is 10.0 Å². The van der Waals surface area contributed by atoms with E-state index in [2.05, 4.69) is 4.74 Å². The number of ether oxygens (including phenoxy) is 1. The fourth-order valence-electron chi connectivity index (χ4n) is 1.78. The SMILES string of the molecule is COC(=O)C1CC(=O)CN1S(=O)(=O)c1cccs1. The van der Waals surface area contributed by atoms with E-state index in [-0.39, 0.29) is 23.0 Å². The maximum Gasteiger partial charge on any atom is 0.324 e. The highest BCUT2D eigenvalue weighted by molar-refractivity contribution is 7.91. The van der Waals surface area contributed by atoms with Gasteiger partial charge in [-0.3, -0.25) is 9.59 Å². The molecular weight excluding hydrogens is 278 g/mol. The summed E-state index contributed by atoms with van der Waals surface area (Å²) < 4.78 is 30.1. The number of carbonyl (C=O) groups excluding carboxylic acids is 2. The first-order valence-electron chi connectivity index (χ1n) is 5.11. The first-order valence-corrected chi connectivity index (χ1v) is 7.43. The lowest BCUT2D eigenvalue weighted by Gasteiger charge is -2.20. The fourth-order valence-corrected chi connectivity index (χ4v) is 4.46. The molecule has 0 saturated carbocycles. The van der Waals surface area contributed by atoms with Gasteiger partial charge in [0.05, 0.1) is 13.7 Å². The van der Waals surface area contributed by atoms with Crippen LogP contribution in [0, 0.1) is 0 Å². The van der Waals surface area contributed by atoms with E-state index in [0.29, 0.717) is 0 Å². The van der Waals surface area contributed by atoms with Crippen molar-refractivity contribution in [2.75, 3.05) is 13.7 Å². The van der Waals surface area contributed by atoms with E-state index >= 15 is 0 Å². The highest BCUT2D eigenvalue weighted by Crippen LogP contribution is 2.27. The lowest BCUT2D eigenvalue weighted by molar-refractivity contribution is -0.144. The Morgan fingerprint density at radius 2 is 2.28 bits per heavy atom. The molecule has 1 aromatic heterocycles. The summed E-state index contributed by atoms with van der Waals surface area (Å²) in [7, 11) is -2.63. The molecule has 1 atom stereocenters. The van der Waals surface area contributed by atoms with E-state index in [1.807, 2.05) is 0 Å². The van der Waals surface area contributed by atoms with Crippen LogP contribution in [0.5, 0.6) is 0 Å². The highest BCUT2D eigenvalue weighted by atomic mass is 32.2. The molecular formula is C10H11NO5S2. The summed E-state index contributed by atoms with van der Waals surface area (Å²) in [4.78, 5) is 22.9. The van der Waals surface area contributed by atoms with E-state index in [4.69, 9.17) is 0 Å². The van der Waals surface area contributed by atoms with E-state index in [0.717, 1.165) is 15.6 Å². The van der Waals surface area contributed by atoms with Gasteiger partial charge in [-0.15, -0.1) is 11.3 Å². The molecule has 0 amide bonds. The molecule has 0 aliphatic carbocycles. The average Bonchev–Trinajstić information content (AvgIpc) is 2.96.